The molecule has 1 aliphatic rings. The quantitative estimate of drug-likeness (QED) is 0.439. The van der Waals surface area contributed by atoms with Crippen molar-refractivity contribution < 1.29 is 0 Å². The predicted molar refractivity (Wildman–Crippen MR) is 25.7 cm³/mol. The van der Waals surface area contributed by atoms with E-state index >= 15 is 0 Å². The Balaban J connectivity index is 1.88. The van der Waals surface area contributed by atoms with E-state index in [-0.39, 0.29) is 0 Å². The highest BCUT2D eigenvalue weighted by Crippen LogP contribution is 2.06. The fourth-order valence-electron chi connectivity index (χ4n) is 0.590. The van der Waals surface area contributed by atoms with Crippen LogP contribution < -0.4 is 5.32 Å². The SMILES string of the molecule is CCCC1C[N]1. The van der Waals surface area contributed by atoms with Gasteiger partial charge in [0.15, 0.2) is 0 Å². The van der Waals surface area contributed by atoms with Gasteiger partial charge >= 0.3 is 0 Å². The molecule has 1 rings (SSSR count). The lowest BCUT2D eigenvalue weighted by molar-refractivity contribution is 0.775. The molecule has 1 fully saturated rings. The number of nitrogens with zero attached hydrogens (tertiary/aromatic N) is 1. The summed E-state index contributed by atoms with van der Waals surface area (Å²) in [6.07, 6.45) is 2.62. The lowest BCUT2D eigenvalue weighted by Crippen LogP contribution is -1.81. The lowest BCUT2D eigenvalue weighted by atomic mass is 10.3. The van der Waals surface area contributed by atoms with Gasteiger partial charge in [-0.1, -0.05) is 13.3 Å². The molecule has 0 aromatic carbocycles. The Kier molecular flexibility index (Phi) is 1.10. The molecule has 1 radical (unpaired) electrons. The zero-order chi connectivity index (χ0) is 4.41. The van der Waals surface area contributed by atoms with Crippen molar-refractivity contribution in [3.05, 3.63) is 0 Å². The van der Waals surface area contributed by atoms with Gasteiger partial charge < -0.3 is 0 Å². The van der Waals surface area contributed by atoms with E-state index in [4.69, 9.17) is 0 Å². The van der Waals surface area contributed by atoms with Crippen molar-refractivity contribution in [1.82, 2.24) is 5.32 Å². The standard InChI is InChI=1S/C5H10N/c1-2-3-5-4-6-5/h5H,2-4H2,1H3. The molecule has 1 aliphatic heterocycles. The minimum Gasteiger partial charge on any atom is -0.235 e. The van der Waals surface area contributed by atoms with Crippen LogP contribution in [0.4, 0.5) is 0 Å². The summed E-state index contributed by atoms with van der Waals surface area (Å²) in [5.74, 6) is 0. The predicted octanol–water partition coefficient (Wildman–Crippen LogP) is 0.773. The van der Waals surface area contributed by atoms with Gasteiger partial charge in [-0.25, -0.2) is 5.32 Å². The summed E-state index contributed by atoms with van der Waals surface area (Å²) in [5.41, 5.74) is 0. The normalized spacial score (nSPS) is 30.5. The summed E-state index contributed by atoms with van der Waals surface area (Å²) in [7, 11) is 0. The Bertz CT molecular complexity index is 39.2. The van der Waals surface area contributed by atoms with Gasteiger partial charge in [0.2, 0.25) is 0 Å². The zero-order valence-electron chi connectivity index (χ0n) is 4.15. The third-order valence-electron chi connectivity index (χ3n) is 1.06. The Labute approximate surface area is 38.7 Å². The van der Waals surface area contributed by atoms with E-state index in [2.05, 4.69) is 12.2 Å². The van der Waals surface area contributed by atoms with Crippen LogP contribution in [0.1, 0.15) is 19.8 Å². The van der Waals surface area contributed by atoms with Crippen LogP contribution in [0.5, 0.6) is 0 Å². The average Bonchev–Trinajstić information content (AvgIpc) is 2.21. The molecule has 1 unspecified atom stereocenters. The highest BCUT2D eigenvalue weighted by Gasteiger charge is 2.19. The Morgan fingerprint density at radius 1 is 1.83 bits per heavy atom. The first-order valence-corrected chi connectivity index (χ1v) is 2.60. The van der Waals surface area contributed by atoms with Crippen molar-refractivity contribution in [2.75, 3.05) is 6.54 Å². The Morgan fingerprint density at radius 2 is 2.50 bits per heavy atom. The lowest BCUT2D eigenvalue weighted by Gasteiger charge is -1.80. The monoisotopic (exact) mass is 84.1 g/mol. The van der Waals surface area contributed by atoms with Crippen LogP contribution in [-0.2, 0) is 0 Å². The van der Waals surface area contributed by atoms with Crippen molar-refractivity contribution >= 4 is 0 Å². The first-order chi connectivity index (χ1) is 2.93. The van der Waals surface area contributed by atoms with E-state index in [0.717, 1.165) is 12.6 Å². The molecule has 1 heteroatoms. The molecule has 0 N–H and O–H groups in total. The molecule has 0 aliphatic carbocycles. The van der Waals surface area contributed by atoms with Gasteiger partial charge in [0, 0.05) is 12.6 Å². The second-order valence-electron chi connectivity index (χ2n) is 1.81. The number of hydrogen-bond acceptors (Lipinski definition) is 0. The Hall–Kier alpha value is -0.0400. The smallest absolute Gasteiger partial charge is 0.0388 e. The Morgan fingerprint density at radius 3 is 2.67 bits per heavy atom. The van der Waals surface area contributed by atoms with Gasteiger partial charge in [-0.2, -0.15) is 0 Å². The van der Waals surface area contributed by atoms with Gasteiger partial charge in [0.05, 0.1) is 0 Å². The molecule has 0 aromatic heterocycles. The van der Waals surface area contributed by atoms with Gasteiger partial charge in [0.1, 0.15) is 0 Å². The summed E-state index contributed by atoms with van der Waals surface area (Å²) < 4.78 is 0. The molecule has 1 nitrogen and oxygen atoms in total. The van der Waals surface area contributed by atoms with Crippen LogP contribution in [0.2, 0.25) is 0 Å². The van der Waals surface area contributed by atoms with Crippen LogP contribution in [0, 0.1) is 0 Å². The molecule has 0 amide bonds. The van der Waals surface area contributed by atoms with Crippen molar-refractivity contribution in [3.8, 4) is 0 Å². The molecule has 1 atom stereocenters. The van der Waals surface area contributed by atoms with Crippen LogP contribution in [0.3, 0.4) is 0 Å². The molecule has 6 heavy (non-hydrogen) atoms. The van der Waals surface area contributed by atoms with E-state index in [0.29, 0.717) is 0 Å². The number of hydrogen-bond donors (Lipinski definition) is 0. The molecule has 0 aromatic rings. The maximum absolute atomic E-state index is 4.09. The molecule has 0 spiro atoms. The summed E-state index contributed by atoms with van der Waals surface area (Å²) in [6.45, 7) is 3.35. The maximum Gasteiger partial charge on any atom is 0.0388 e. The second-order valence-corrected chi connectivity index (χ2v) is 1.81. The minimum absolute atomic E-state index is 0.773. The fraction of sp³-hybridized carbons (Fsp3) is 1.00. The average molecular weight is 84.1 g/mol. The molecule has 1 saturated heterocycles. The van der Waals surface area contributed by atoms with E-state index in [1.165, 1.54) is 12.8 Å². The van der Waals surface area contributed by atoms with E-state index in [1.807, 2.05) is 0 Å². The fourth-order valence-corrected chi connectivity index (χ4v) is 0.590. The van der Waals surface area contributed by atoms with Crippen LogP contribution >= 0.6 is 0 Å². The summed E-state index contributed by atoms with van der Waals surface area (Å²) >= 11 is 0. The van der Waals surface area contributed by atoms with Crippen LogP contribution in [-0.4, -0.2) is 12.6 Å². The first kappa shape index (κ1) is 4.13. The zero-order valence-corrected chi connectivity index (χ0v) is 4.15. The highest BCUT2D eigenvalue weighted by atomic mass is 15.1. The van der Waals surface area contributed by atoms with Gasteiger partial charge in [-0.15, -0.1) is 0 Å². The molecular formula is C5H10N. The topological polar surface area (TPSA) is 14.1 Å². The molecular weight excluding hydrogens is 74.1 g/mol. The van der Waals surface area contributed by atoms with E-state index < -0.39 is 0 Å². The molecule has 0 bridgehead atoms. The van der Waals surface area contributed by atoms with Gasteiger partial charge in [-0.3, -0.25) is 0 Å². The van der Waals surface area contributed by atoms with Crippen molar-refractivity contribution in [1.29, 1.82) is 0 Å². The minimum atomic E-state index is 0.773. The van der Waals surface area contributed by atoms with Crippen LogP contribution in [0.25, 0.3) is 0 Å². The summed E-state index contributed by atoms with van der Waals surface area (Å²) in [6, 6.07) is 0.773. The second kappa shape index (κ2) is 1.61. The summed E-state index contributed by atoms with van der Waals surface area (Å²) in [5, 5.41) is 4.09. The molecule has 0 saturated carbocycles. The van der Waals surface area contributed by atoms with Gasteiger partial charge in [0.25, 0.3) is 0 Å². The van der Waals surface area contributed by atoms with Crippen molar-refractivity contribution in [3.63, 3.8) is 0 Å². The molecule has 1 heterocycles. The van der Waals surface area contributed by atoms with Crippen LogP contribution in [0.15, 0.2) is 0 Å². The first-order valence-electron chi connectivity index (χ1n) is 2.60. The third kappa shape index (κ3) is 0.977. The largest absolute Gasteiger partial charge is 0.235 e. The third-order valence-corrected chi connectivity index (χ3v) is 1.06. The van der Waals surface area contributed by atoms with Gasteiger partial charge in [-0.05, 0) is 6.42 Å². The van der Waals surface area contributed by atoms with E-state index in [9.17, 15) is 0 Å². The van der Waals surface area contributed by atoms with E-state index in [1.54, 1.807) is 0 Å². The number of rotatable bonds is 2. The summed E-state index contributed by atoms with van der Waals surface area (Å²) in [4.78, 5) is 0. The van der Waals surface area contributed by atoms with Crippen molar-refractivity contribution in [2.45, 2.75) is 25.8 Å². The van der Waals surface area contributed by atoms with Crippen molar-refractivity contribution in [2.24, 2.45) is 0 Å². The highest BCUT2D eigenvalue weighted by molar-refractivity contribution is 4.80. The maximum atomic E-state index is 4.09. The molecule has 35 valence electrons.